The number of benzene rings is 1. The molecular formula is C11H12N4O. The van der Waals surface area contributed by atoms with Gasteiger partial charge in [0.15, 0.2) is 0 Å². The van der Waals surface area contributed by atoms with Crippen LogP contribution in [0, 0.1) is 0 Å². The Kier molecular flexibility index (Phi) is 2.86. The molecule has 0 atom stereocenters. The second kappa shape index (κ2) is 4.48. The number of aromatic nitrogens is 2. The Morgan fingerprint density at radius 2 is 2.06 bits per heavy atom. The van der Waals surface area contributed by atoms with Gasteiger partial charge in [0.2, 0.25) is 0 Å². The van der Waals surface area contributed by atoms with Crippen molar-refractivity contribution in [3.8, 4) is 0 Å². The highest BCUT2D eigenvalue weighted by Gasteiger charge is 1.99. The molecule has 0 bridgehead atoms. The van der Waals surface area contributed by atoms with Crippen LogP contribution in [0.1, 0.15) is 5.56 Å². The first-order chi connectivity index (χ1) is 7.75. The van der Waals surface area contributed by atoms with E-state index in [0.29, 0.717) is 18.1 Å². The van der Waals surface area contributed by atoms with E-state index in [1.807, 2.05) is 30.3 Å². The molecule has 5 nitrogen and oxygen atoms in total. The molecule has 4 N–H and O–H groups in total. The molecule has 0 spiro atoms. The minimum absolute atomic E-state index is 0.412. The predicted octanol–water partition coefficient (Wildman–Crippen LogP) is 0.964. The summed E-state index contributed by atoms with van der Waals surface area (Å²) < 4.78 is 0. The lowest BCUT2D eigenvalue weighted by molar-refractivity contribution is 1.04. The van der Waals surface area contributed by atoms with Crippen molar-refractivity contribution in [2.75, 3.05) is 11.1 Å². The van der Waals surface area contributed by atoms with Gasteiger partial charge in [-0.2, -0.15) is 4.98 Å². The predicted molar refractivity (Wildman–Crippen MR) is 63.0 cm³/mol. The molecule has 1 aromatic heterocycles. The molecule has 0 fully saturated rings. The van der Waals surface area contributed by atoms with E-state index in [2.05, 4.69) is 15.3 Å². The number of rotatable bonds is 3. The summed E-state index contributed by atoms with van der Waals surface area (Å²) in [7, 11) is 0. The van der Waals surface area contributed by atoms with E-state index in [1.165, 1.54) is 6.20 Å². The number of nitrogens with two attached hydrogens (primary N) is 1. The summed E-state index contributed by atoms with van der Waals surface area (Å²) in [6, 6.07) is 9.84. The summed E-state index contributed by atoms with van der Waals surface area (Å²) >= 11 is 0. The van der Waals surface area contributed by atoms with Gasteiger partial charge in [0.1, 0.15) is 5.82 Å². The van der Waals surface area contributed by atoms with E-state index in [4.69, 9.17) is 5.73 Å². The first-order valence-electron chi connectivity index (χ1n) is 4.88. The molecule has 0 saturated carbocycles. The van der Waals surface area contributed by atoms with Crippen molar-refractivity contribution in [3.05, 3.63) is 52.6 Å². The number of hydrogen-bond donors (Lipinski definition) is 3. The van der Waals surface area contributed by atoms with Crippen LogP contribution in [0.3, 0.4) is 0 Å². The number of H-pyrrole nitrogens is 1. The van der Waals surface area contributed by atoms with E-state index >= 15 is 0 Å². The van der Waals surface area contributed by atoms with E-state index in [9.17, 15) is 4.79 Å². The monoisotopic (exact) mass is 216 g/mol. The maximum absolute atomic E-state index is 11.0. The quantitative estimate of drug-likeness (QED) is 0.713. The van der Waals surface area contributed by atoms with E-state index < -0.39 is 5.69 Å². The van der Waals surface area contributed by atoms with Crippen LogP contribution in [-0.2, 0) is 6.54 Å². The third-order valence-electron chi connectivity index (χ3n) is 2.15. The minimum atomic E-state index is -0.412. The van der Waals surface area contributed by atoms with Crippen LogP contribution >= 0.6 is 0 Å². The van der Waals surface area contributed by atoms with Gasteiger partial charge in [0, 0.05) is 6.54 Å². The Balaban J connectivity index is 2.10. The molecule has 2 rings (SSSR count). The number of aromatic amines is 1. The summed E-state index contributed by atoms with van der Waals surface area (Å²) in [5.74, 6) is 0.504. The third kappa shape index (κ3) is 2.38. The summed E-state index contributed by atoms with van der Waals surface area (Å²) in [5, 5.41) is 3.05. The first-order valence-corrected chi connectivity index (χ1v) is 4.88. The Hall–Kier alpha value is -2.30. The molecular weight excluding hydrogens is 204 g/mol. The summed E-state index contributed by atoms with van der Waals surface area (Å²) in [5.41, 5.74) is 6.78. The number of nitrogen functional groups attached to an aromatic ring is 1. The van der Waals surface area contributed by atoms with Crippen molar-refractivity contribution in [1.29, 1.82) is 0 Å². The molecule has 0 aliphatic rings. The third-order valence-corrected chi connectivity index (χ3v) is 2.15. The molecule has 0 saturated heterocycles. The smallest absolute Gasteiger partial charge is 0.346 e. The molecule has 16 heavy (non-hydrogen) atoms. The largest absolute Gasteiger partial charge is 0.395 e. The molecule has 0 amide bonds. The highest BCUT2D eigenvalue weighted by molar-refractivity contribution is 5.58. The standard InChI is InChI=1S/C11H12N4O/c12-9-7-14-11(16)15-10(9)13-6-8-4-2-1-3-5-8/h1-5,7H,6,12H2,(H2,13,14,15,16). The molecule has 0 aliphatic carbocycles. The molecule has 0 radical (unpaired) electrons. The molecule has 0 unspecified atom stereocenters. The lowest BCUT2D eigenvalue weighted by atomic mass is 10.2. The van der Waals surface area contributed by atoms with Crippen LogP contribution in [0.5, 0.6) is 0 Å². The van der Waals surface area contributed by atoms with Crippen molar-refractivity contribution < 1.29 is 0 Å². The van der Waals surface area contributed by atoms with Gasteiger partial charge in [0.25, 0.3) is 0 Å². The van der Waals surface area contributed by atoms with Crippen molar-refractivity contribution in [1.82, 2.24) is 9.97 Å². The fraction of sp³-hybridized carbons (Fsp3) is 0.0909. The maximum atomic E-state index is 11.0. The zero-order chi connectivity index (χ0) is 11.4. The van der Waals surface area contributed by atoms with Gasteiger partial charge >= 0.3 is 5.69 Å². The molecule has 1 aromatic carbocycles. The van der Waals surface area contributed by atoms with Crippen molar-refractivity contribution in [3.63, 3.8) is 0 Å². The molecule has 1 heterocycles. The van der Waals surface area contributed by atoms with Crippen LogP contribution in [0.4, 0.5) is 11.5 Å². The summed E-state index contributed by atoms with van der Waals surface area (Å²) in [4.78, 5) is 17.1. The average Bonchev–Trinajstić information content (AvgIpc) is 2.32. The van der Waals surface area contributed by atoms with Gasteiger partial charge in [0.05, 0.1) is 11.9 Å². The van der Waals surface area contributed by atoms with Crippen LogP contribution in [0.25, 0.3) is 0 Å². The van der Waals surface area contributed by atoms with Crippen LogP contribution in [-0.4, -0.2) is 9.97 Å². The van der Waals surface area contributed by atoms with Crippen molar-refractivity contribution in [2.45, 2.75) is 6.54 Å². The first kappa shape index (κ1) is 10.2. The zero-order valence-electron chi connectivity index (χ0n) is 8.60. The van der Waals surface area contributed by atoms with Gasteiger partial charge in [-0.1, -0.05) is 30.3 Å². The topological polar surface area (TPSA) is 83.8 Å². The van der Waals surface area contributed by atoms with Crippen LogP contribution < -0.4 is 16.7 Å². The van der Waals surface area contributed by atoms with Crippen LogP contribution in [0.15, 0.2) is 41.3 Å². The van der Waals surface area contributed by atoms with E-state index in [1.54, 1.807) is 0 Å². The van der Waals surface area contributed by atoms with Gasteiger partial charge in [-0.25, -0.2) is 4.79 Å². The van der Waals surface area contributed by atoms with E-state index in [0.717, 1.165) is 5.56 Å². The molecule has 0 aliphatic heterocycles. The Morgan fingerprint density at radius 3 is 2.81 bits per heavy atom. The minimum Gasteiger partial charge on any atom is -0.395 e. The highest BCUT2D eigenvalue weighted by atomic mass is 16.1. The fourth-order valence-electron chi connectivity index (χ4n) is 1.34. The second-order valence-corrected chi connectivity index (χ2v) is 3.36. The second-order valence-electron chi connectivity index (χ2n) is 3.36. The Labute approximate surface area is 92.3 Å². The normalized spacial score (nSPS) is 10.0. The lowest BCUT2D eigenvalue weighted by Gasteiger charge is -2.07. The summed E-state index contributed by atoms with van der Waals surface area (Å²) in [6.07, 6.45) is 1.34. The average molecular weight is 216 g/mol. The van der Waals surface area contributed by atoms with Crippen molar-refractivity contribution >= 4 is 11.5 Å². The number of nitrogens with one attached hydrogen (secondary N) is 2. The number of hydrogen-bond acceptors (Lipinski definition) is 4. The fourth-order valence-corrected chi connectivity index (χ4v) is 1.34. The maximum Gasteiger partial charge on any atom is 0.346 e. The Morgan fingerprint density at radius 1 is 1.31 bits per heavy atom. The van der Waals surface area contributed by atoms with Gasteiger partial charge in [-0.15, -0.1) is 0 Å². The highest BCUT2D eigenvalue weighted by Crippen LogP contribution is 2.11. The molecule has 5 heteroatoms. The van der Waals surface area contributed by atoms with Gasteiger partial charge in [-0.3, -0.25) is 4.98 Å². The lowest BCUT2D eigenvalue weighted by Crippen LogP contribution is -2.15. The SMILES string of the molecule is Nc1cnc(=O)[nH]c1NCc1ccccc1. The van der Waals surface area contributed by atoms with Gasteiger partial charge in [-0.05, 0) is 5.56 Å². The van der Waals surface area contributed by atoms with Gasteiger partial charge < -0.3 is 11.1 Å². The number of nitrogens with zero attached hydrogens (tertiary/aromatic N) is 1. The summed E-state index contributed by atoms with van der Waals surface area (Å²) in [6.45, 7) is 0.602. The zero-order valence-corrected chi connectivity index (χ0v) is 8.60. The molecule has 82 valence electrons. The number of anilines is 2. The Bertz CT molecular complexity index is 521. The van der Waals surface area contributed by atoms with Crippen molar-refractivity contribution in [2.24, 2.45) is 0 Å². The molecule has 2 aromatic rings. The van der Waals surface area contributed by atoms with E-state index in [-0.39, 0.29) is 0 Å². The van der Waals surface area contributed by atoms with Crippen LogP contribution in [0.2, 0.25) is 0 Å².